The van der Waals surface area contributed by atoms with Gasteiger partial charge in [-0.1, -0.05) is 0 Å². The predicted octanol–water partition coefficient (Wildman–Crippen LogP) is 1.23. The second-order valence-electron chi connectivity index (χ2n) is 5.61. The number of aliphatic hydroxyl groups is 1. The maximum Gasteiger partial charge on any atom is 0.410 e. The fourth-order valence-electron chi connectivity index (χ4n) is 2.35. The normalized spacial score (nSPS) is 34.7. The Morgan fingerprint density at radius 2 is 2.07 bits per heavy atom. The van der Waals surface area contributed by atoms with Crippen LogP contribution in [0.2, 0.25) is 0 Å². The summed E-state index contributed by atoms with van der Waals surface area (Å²) in [5.41, 5.74) is -0.433. The molecule has 1 heterocycles. The number of ether oxygens (including phenoxy) is 1. The monoisotopic (exact) mass is 213 g/mol. The van der Waals surface area contributed by atoms with E-state index >= 15 is 0 Å². The number of carbonyl (C=O) groups excluding carboxylic acids is 1. The number of nitrogens with zero attached hydrogens (tertiary/aromatic N) is 1. The summed E-state index contributed by atoms with van der Waals surface area (Å²) in [6.07, 6.45) is 0.385. The third-order valence-corrected chi connectivity index (χ3v) is 3.18. The molecule has 3 atom stereocenters. The van der Waals surface area contributed by atoms with Gasteiger partial charge in [0, 0.05) is 19.0 Å². The fraction of sp³-hybridized carbons (Fsp3) is 0.909. The van der Waals surface area contributed by atoms with Crippen LogP contribution < -0.4 is 0 Å². The Morgan fingerprint density at radius 1 is 1.40 bits per heavy atom. The Labute approximate surface area is 90.2 Å². The minimum absolute atomic E-state index is 0.206. The minimum Gasteiger partial charge on any atom is -0.444 e. The number of aliphatic hydroxyl groups excluding tert-OH is 1. The average molecular weight is 213 g/mol. The van der Waals surface area contributed by atoms with Crippen molar-refractivity contribution in [2.24, 2.45) is 11.8 Å². The SMILES string of the molecule is CC(C)(C)OC(=O)N1C[C@@H]2C[C@@H](O)[C@@H]2C1. The highest BCUT2D eigenvalue weighted by atomic mass is 16.6. The van der Waals surface area contributed by atoms with Crippen molar-refractivity contribution >= 4 is 6.09 Å². The molecule has 1 N–H and O–H groups in total. The van der Waals surface area contributed by atoms with Crippen LogP contribution in [0.3, 0.4) is 0 Å². The van der Waals surface area contributed by atoms with Crippen LogP contribution >= 0.6 is 0 Å². The fourth-order valence-corrected chi connectivity index (χ4v) is 2.35. The Morgan fingerprint density at radius 3 is 2.53 bits per heavy atom. The van der Waals surface area contributed by atoms with Gasteiger partial charge in [0.05, 0.1) is 6.10 Å². The molecule has 0 unspecified atom stereocenters. The van der Waals surface area contributed by atoms with Crippen LogP contribution in [0.25, 0.3) is 0 Å². The van der Waals surface area contributed by atoms with Crippen molar-refractivity contribution in [3.05, 3.63) is 0 Å². The molecule has 2 aliphatic rings. The van der Waals surface area contributed by atoms with Crippen molar-refractivity contribution in [3.8, 4) is 0 Å². The molecule has 0 radical (unpaired) electrons. The Hall–Kier alpha value is -0.770. The van der Waals surface area contributed by atoms with Gasteiger partial charge in [0.2, 0.25) is 0 Å². The Bertz CT molecular complexity index is 271. The van der Waals surface area contributed by atoms with Crippen molar-refractivity contribution < 1.29 is 14.6 Å². The van der Waals surface area contributed by atoms with Gasteiger partial charge in [-0.15, -0.1) is 0 Å². The molecule has 4 heteroatoms. The average Bonchev–Trinajstić information content (AvgIpc) is 2.39. The lowest BCUT2D eigenvalue weighted by molar-refractivity contribution is -0.00455. The summed E-state index contributed by atoms with van der Waals surface area (Å²) in [5.74, 6) is 0.782. The van der Waals surface area contributed by atoms with E-state index in [4.69, 9.17) is 4.74 Å². The standard InChI is InChI=1S/C11H19NO3/c1-11(2,3)15-10(14)12-5-7-4-9(13)8(7)6-12/h7-9,13H,4-6H2,1-3H3/t7-,8+,9+/m0/s1. The second kappa shape index (κ2) is 3.37. The van der Waals surface area contributed by atoms with Gasteiger partial charge >= 0.3 is 6.09 Å². The van der Waals surface area contributed by atoms with E-state index in [1.54, 1.807) is 4.90 Å². The lowest BCUT2D eigenvalue weighted by atomic mass is 9.74. The molecule has 15 heavy (non-hydrogen) atoms. The number of likely N-dealkylation sites (tertiary alicyclic amines) is 1. The summed E-state index contributed by atoms with van der Waals surface area (Å²) in [5, 5.41) is 9.47. The van der Waals surface area contributed by atoms with E-state index in [1.165, 1.54) is 0 Å². The van der Waals surface area contributed by atoms with Crippen LogP contribution in [0.1, 0.15) is 27.2 Å². The highest BCUT2D eigenvalue weighted by Crippen LogP contribution is 2.41. The van der Waals surface area contributed by atoms with Gasteiger partial charge in [-0.3, -0.25) is 0 Å². The van der Waals surface area contributed by atoms with Crippen molar-refractivity contribution in [1.29, 1.82) is 0 Å². The van der Waals surface area contributed by atoms with Gasteiger partial charge in [-0.05, 0) is 33.1 Å². The molecule has 1 saturated heterocycles. The van der Waals surface area contributed by atoms with E-state index in [2.05, 4.69) is 0 Å². The molecule has 0 aromatic rings. The minimum atomic E-state index is -0.433. The van der Waals surface area contributed by atoms with Gasteiger partial charge in [-0.25, -0.2) is 4.79 Å². The van der Waals surface area contributed by atoms with Crippen LogP contribution in [0, 0.1) is 11.8 Å². The van der Waals surface area contributed by atoms with Crippen LogP contribution in [0.4, 0.5) is 4.79 Å². The lowest BCUT2D eigenvalue weighted by Gasteiger charge is -2.34. The van der Waals surface area contributed by atoms with Crippen molar-refractivity contribution in [1.82, 2.24) is 4.90 Å². The lowest BCUT2D eigenvalue weighted by Crippen LogP contribution is -2.40. The van der Waals surface area contributed by atoms with E-state index in [-0.39, 0.29) is 18.1 Å². The molecule has 2 rings (SSSR count). The number of hydrogen-bond acceptors (Lipinski definition) is 3. The molecule has 0 aromatic heterocycles. The summed E-state index contributed by atoms with van der Waals surface area (Å²) < 4.78 is 5.29. The second-order valence-corrected chi connectivity index (χ2v) is 5.61. The van der Waals surface area contributed by atoms with Crippen molar-refractivity contribution in [2.45, 2.75) is 38.9 Å². The first-order chi connectivity index (χ1) is 6.87. The summed E-state index contributed by atoms with van der Waals surface area (Å²) in [7, 11) is 0. The molecule has 0 aromatic carbocycles. The summed E-state index contributed by atoms with van der Waals surface area (Å²) >= 11 is 0. The third-order valence-electron chi connectivity index (χ3n) is 3.18. The first-order valence-corrected chi connectivity index (χ1v) is 5.53. The number of fused-ring (bicyclic) bond motifs is 1. The van der Waals surface area contributed by atoms with Gasteiger partial charge in [0.1, 0.15) is 5.60 Å². The van der Waals surface area contributed by atoms with Gasteiger partial charge < -0.3 is 14.7 Å². The highest BCUT2D eigenvalue weighted by Gasteiger charge is 2.48. The summed E-state index contributed by atoms with van der Waals surface area (Å²) in [6.45, 7) is 7.00. The van der Waals surface area contributed by atoms with E-state index in [0.717, 1.165) is 13.0 Å². The van der Waals surface area contributed by atoms with E-state index in [1.807, 2.05) is 20.8 Å². The van der Waals surface area contributed by atoms with Crippen molar-refractivity contribution in [3.63, 3.8) is 0 Å². The molecular formula is C11H19NO3. The Kier molecular flexibility index (Phi) is 2.41. The summed E-state index contributed by atoms with van der Waals surface area (Å²) in [6, 6.07) is 0. The van der Waals surface area contributed by atoms with Crippen LogP contribution in [-0.2, 0) is 4.74 Å². The summed E-state index contributed by atoms with van der Waals surface area (Å²) in [4.78, 5) is 13.4. The topological polar surface area (TPSA) is 49.8 Å². The number of amides is 1. The number of hydrogen-bond donors (Lipinski definition) is 1. The first kappa shape index (κ1) is 10.7. The molecule has 1 aliphatic carbocycles. The van der Waals surface area contributed by atoms with E-state index in [9.17, 15) is 9.90 Å². The highest BCUT2D eigenvalue weighted by molar-refractivity contribution is 5.68. The molecule has 2 fully saturated rings. The molecule has 0 bridgehead atoms. The largest absolute Gasteiger partial charge is 0.444 e. The third kappa shape index (κ3) is 2.09. The number of carbonyl (C=O) groups is 1. The quantitative estimate of drug-likeness (QED) is 0.658. The van der Waals surface area contributed by atoms with Crippen LogP contribution in [0.5, 0.6) is 0 Å². The Balaban J connectivity index is 1.88. The first-order valence-electron chi connectivity index (χ1n) is 5.53. The zero-order chi connectivity index (χ0) is 11.2. The maximum absolute atomic E-state index is 11.7. The van der Waals surface area contributed by atoms with Crippen LogP contribution in [-0.4, -0.2) is 40.9 Å². The zero-order valence-corrected chi connectivity index (χ0v) is 9.56. The molecule has 1 amide bonds. The predicted molar refractivity (Wildman–Crippen MR) is 55.4 cm³/mol. The van der Waals surface area contributed by atoms with Crippen LogP contribution in [0.15, 0.2) is 0 Å². The van der Waals surface area contributed by atoms with E-state index < -0.39 is 5.60 Å². The molecule has 4 nitrogen and oxygen atoms in total. The van der Waals surface area contributed by atoms with Gasteiger partial charge in [-0.2, -0.15) is 0 Å². The molecular weight excluding hydrogens is 194 g/mol. The van der Waals surface area contributed by atoms with Crippen molar-refractivity contribution in [2.75, 3.05) is 13.1 Å². The van der Waals surface area contributed by atoms with E-state index in [0.29, 0.717) is 12.5 Å². The maximum atomic E-state index is 11.7. The van der Waals surface area contributed by atoms with Gasteiger partial charge in [0.25, 0.3) is 0 Å². The number of rotatable bonds is 0. The molecule has 86 valence electrons. The zero-order valence-electron chi connectivity index (χ0n) is 9.56. The molecule has 1 saturated carbocycles. The molecule has 1 aliphatic heterocycles. The molecule has 0 spiro atoms. The van der Waals surface area contributed by atoms with Gasteiger partial charge in [0.15, 0.2) is 0 Å². The smallest absolute Gasteiger partial charge is 0.410 e.